The predicted molar refractivity (Wildman–Crippen MR) is 83.2 cm³/mol. The lowest BCUT2D eigenvalue weighted by Crippen LogP contribution is -2.36. The number of ether oxygens (including phenoxy) is 1. The number of benzene rings is 2. The van der Waals surface area contributed by atoms with E-state index in [9.17, 15) is 4.79 Å². The molecule has 0 saturated heterocycles. The largest absolute Gasteiger partial charge is 0.497 e. The van der Waals surface area contributed by atoms with Crippen molar-refractivity contribution in [3.05, 3.63) is 65.7 Å². The molecule has 0 aliphatic carbocycles. The zero-order valence-electron chi connectivity index (χ0n) is 12.3. The van der Waals surface area contributed by atoms with Crippen LogP contribution in [0.25, 0.3) is 0 Å². The average molecular weight is 284 g/mol. The number of hydrogen-bond donors (Lipinski definition) is 2. The summed E-state index contributed by atoms with van der Waals surface area (Å²) in [6.45, 7) is 2.44. The molecular weight excluding hydrogens is 264 g/mol. The molecule has 0 fully saturated rings. The van der Waals surface area contributed by atoms with Crippen molar-refractivity contribution in [3.63, 3.8) is 0 Å². The van der Waals surface area contributed by atoms with E-state index in [1.54, 1.807) is 7.11 Å². The number of rotatable bonds is 5. The van der Waals surface area contributed by atoms with Gasteiger partial charge >= 0.3 is 6.03 Å². The van der Waals surface area contributed by atoms with Gasteiger partial charge in [0, 0.05) is 6.54 Å². The van der Waals surface area contributed by atoms with Crippen molar-refractivity contribution in [1.82, 2.24) is 10.6 Å². The minimum absolute atomic E-state index is 0.0259. The second-order valence-electron chi connectivity index (χ2n) is 4.81. The molecule has 1 atom stereocenters. The lowest BCUT2D eigenvalue weighted by atomic mass is 10.1. The Bertz CT molecular complexity index is 567. The number of urea groups is 1. The molecule has 2 aromatic rings. The van der Waals surface area contributed by atoms with Crippen LogP contribution in [0.2, 0.25) is 0 Å². The van der Waals surface area contributed by atoms with E-state index in [0.717, 1.165) is 16.9 Å². The molecule has 110 valence electrons. The summed E-state index contributed by atoms with van der Waals surface area (Å²) in [7, 11) is 1.63. The Morgan fingerprint density at radius 1 is 1.10 bits per heavy atom. The predicted octanol–water partition coefficient (Wildman–Crippen LogP) is 3.26. The Labute approximate surface area is 125 Å². The first-order valence-corrected chi connectivity index (χ1v) is 6.91. The first-order valence-electron chi connectivity index (χ1n) is 6.91. The monoisotopic (exact) mass is 284 g/mol. The summed E-state index contributed by atoms with van der Waals surface area (Å²) in [4.78, 5) is 11.9. The van der Waals surface area contributed by atoms with Gasteiger partial charge in [0.05, 0.1) is 13.2 Å². The number of methoxy groups -OCH3 is 1. The molecule has 0 aromatic heterocycles. The zero-order chi connectivity index (χ0) is 15.1. The summed E-state index contributed by atoms with van der Waals surface area (Å²) < 4.78 is 5.10. The molecule has 0 spiro atoms. The standard InChI is InChI=1S/C17H20N2O2/c1-13(15-6-4-3-5-7-15)19-17(20)18-12-14-8-10-16(21-2)11-9-14/h3-11,13H,12H2,1-2H3,(H2,18,19,20). The fourth-order valence-electron chi connectivity index (χ4n) is 2.00. The third-order valence-corrected chi connectivity index (χ3v) is 3.26. The van der Waals surface area contributed by atoms with E-state index in [1.807, 2.05) is 61.5 Å². The van der Waals surface area contributed by atoms with Gasteiger partial charge < -0.3 is 15.4 Å². The summed E-state index contributed by atoms with van der Waals surface area (Å²) in [5, 5.41) is 5.76. The molecule has 4 heteroatoms. The first-order chi connectivity index (χ1) is 10.2. The summed E-state index contributed by atoms with van der Waals surface area (Å²) in [6.07, 6.45) is 0. The van der Waals surface area contributed by atoms with Crippen LogP contribution in [-0.2, 0) is 6.54 Å². The Morgan fingerprint density at radius 3 is 2.38 bits per heavy atom. The quantitative estimate of drug-likeness (QED) is 0.885. The lowest BCUT2D eigenvalue weighted by Gasteiger charge is -2.15. The number of carbonyl (C=O) groups is 1. The van der Waals surface area contributed by atoms with Gasteiger partial charge in [-0.1, -0.05) is 42.5 Å². The van der Waals surface area contributed by atoms with Crippen molar-refractivity contribution in [2.75, 3.05) is 7.11 Å². The van der Waals surface area contributed by atoms with Gasteiger partial charge in [0.2, 0.25) is 0 Å². The highest BCUT2D eigenvalue weighted by Gasteiger charge is 2.08. The number of carbonyl (C=O) groups excluding carboxylic acids is 1. The molecule has 2 rings (SSSR count). The van der Waals surface area contributed by atoms with Crippen molar-refractivity contribution < 1.29 is 9.53 Å². The van der Waals surface area contributed by atoms with E-state index >= 15 is 0 Å². The molecule has 0 aliphatic heterocycles. The number of hydrogen-bond acceptors (Lipinski definition) is 2. The summed E-state index contributed by atoms with van der Waals surface area (Å²) in [6, 6.07) is 17.3. The van der Waals surface area contributed by atoms with Gasteiger partial charge in [0.15, 0.2) is 0 Å². The van der Waals surface area contributed by atoms with Crippen LogP contribution < -0.4 is 15.4 Å². The van der Waals surface area contributed by atoms with Crippen LogP contribution in [0.5, 0.6) is 5.75 Å². The highest BCUT2D eigenvalue weighted by molar-refractivity contribution is 5.74. The minimum atomic E-state index is -0.179. The number of nitrogens with one attached hydrogen (secondary N) is 2. The van der Waals surface area contributed by atoms with Gasteiger partial charge in [0.1, 0.15) is 5.75 Å². The molecule has 2 N–H and O–H groups in total. The molecule has 1 unspecified atom stereocenters. The van der Waals surface area contributed by atoms with Crippen LogP contribution in [-0.4, -0.2) is 13.1 Å². The van der Waals surface area contributed by atoms with Crippen molar-refractivity contribution in [1.29, 1.82) is 0 Å². The van der Waals surface area contributed by atoms with E-state index in [2.05, 4.69) is 10.6 Å². The van der Waals surface area contributed by atoms with E-state index < -0.39 is 0 Å². The summed E-state index contributed by atoms with van der Waals surface area (Å²) in [5.41, 5.74) is 2.11. The fraction of sp³-hybridized carbons (Fsp3) is 0.235. The molecule has 2 aromatic carbocycles. The van der Waals surface area contributed by atoms with E-state index in [4.69, 9.17) is 4.74 Å². The van der Waals surface area contributed by atoms with E-state index in [-0.39, 0.29) is 12.1 Å². The Morgan fingerprint density at radius 2 is 1.76 bits per heavy atom. The molecule has 0 saturated carbocycles. The van der Waals surface area contributed by atoms with Gasteiger partial charge in [-0.3, -0.25) is 0 Å². The molecule has 2 amide bonds. The molecule has 0 heterocycles. The maximum absolute atomic E-state index is 11.9. The molecule has 4 nitrogen and oxygen atoms in total. The third kappa shape index (κ3) is 4.53. The van der Waals surface area contributed by atoms with Crippen molar-refractivity contribution >= 4 is 6.03 Å². The fourth-order valence-corrected chi connectivity index (χ4v) is 2.00. The molecular formula is C17H20N2O2. The maximum Gasteiger partial charge on any atom is 0.315 e. The van der Waals surface area contributed by atoms with Gasteiger partial charge in [-0.15, -0.1) is 0 Å². The third-order valence-electron chi connectivity index (χ3n) is 3.26. The Balaban J connectivity index is 1.81. The molecule has 21 heavy (non-hydrogen) atoms. The van der Waals surface area contributed by atoms with Crippen LogP contribution in [0.15, 0.2) is 54.6 Å². The topological polar surface area (TPSA) is 50.4 Å². The van der Waals surface area contributed by atoms with Crippen LogP contribution >= 0.6 is 0 Å². The Kier molecular flexibility index (Phi) is 5.21. The van der Waals surface area contributed by atoms with Crippen LogP contribution in [0.1, 0.15) is 24.1 Å². The van der Waals surface area contributed by atoms with E-state index in [1.165, 1.54) is 0 Å². The minimum Gasteiger partial charge on any atom is -0.497 e. The highest BCUT2D eigenvalue weighted by atomic mass is 16.5. The summed E-state index contributed by atoms with van der Waals surface area (Å²) >= 11 is 0. The smallest absolute Gasteiger partial charge is 0.315 e. The van der Waals surface area contributed by atoms with Crippen LogP contribution in [0, 0.1) is 0 Å². The second-order valence-corrected chi connectivity index (χ2v) is 4.81. The van der Waals surface area contributed by atoms with Crippen molar-refractivity contribution in [2.24, 2.45) is 0 Å². The van der Waals surface area contributed by atoms with Gasteiger partial charge in [-0.25, -0.2) is 4.79 Å². The highest BCUT2D eigenvalue weighted by Crippen LogP contribution is 2.12. The number of amides is 2. The van der Waals surface area contributed by atoms with Crippen molar-refractivity contribution in [3.8, 4) is 5.75 Å². The van der Waals surface area contributed by atoms with Crippen LogP contribution in [0.4, 0.5) is 4.79 Å². The molecule has 0 radical (unpaired) electrons. The lowest BCUT2D eigenvalue weighted by molar-refractivity contribution is 0.237. The molecule has 0 aliphatic rings. The van der Waals surface area contributed by atoms with Gasteiger partial charge in [0.25, 0.3) is 0 Å². The van der Waals surface area contributed by atoms with Crippen molar-refractivity contribution in [2.45, 2.75) is 19.5 Å². The molecule has 0 bridgehead atoms. The average Bonchev–Trinajstić information content (AvgIpc) is 2.54. The Hall–Kier alpha value is -2.49. The summed E-state index contributed by atoms with van der Waals surface area (Å²) in [5.74, 6) is 0.806. The SMILES string of the molecule is COc1ccc(CNC(=O)NC(C)c2ccccc2)cc1. The van der Waals surface area contributed by atoms with Gasteiger partial charge in [-0.05, 0) is 30.2 Å². The zero-order valence-corrected chi connectivity index (χ0v) is 12.3. The van der Waals surface area contributed by atoms with Gasteiger partial charge in [-0.2, -0.15) is 0 Å². The second kappa shape index (κ2) is 7.33. The normalized spacial score (nSPS) is 11.5. The van der Waals surface area contributed by atoms with E-state index in [0.29, 0.717) is 6.54 Å². The maximum atomic E-state index is 11.9. The first kappa shape index (κ1) is 14.9. The van der Waals surface area contributed by atoms with Crippen LogP contribution in [0.3, 0.4) is 0 Å².